The molecule has 1 aliphatic heterocycles. The van der Waals surface area contributed by atoms with E-state index in [-0.39, 0.29) is 16.6 Å². The number of sulfone groups is 1. The van der Waals surface area contributed by atoms with Crippen LogP contribution in [0.5, 0.6) is 0 Å². The van der Waals surface area contributed by atoms with Gasteiger partial charge in [-0.1, -0.05) is 0 Å². The number of amidine groups is 1. The summed E-state index contributed by atoms with van der Waals surface area (Å²) >= 11 is 5.62. The molecule has 1 aliphatic rings. The van der Waals surface area contributed by atoms with Crippen LogP contribution in [0, 0.1) is 0 Å². The Morgan fingerprint density at radius 2 is 2.05 bits per heavy atom. The third kappa shape index (κ3) is 3.43. The Bertz CT molecular complexity index is 623. The van der Waals surface area contributed by atoms with Gasteiger partial charge in [0.2, 0.25) is 0 Å². The maximum Gasteiger partial charge on any atom is 0.177 e. The molecule has 1 saturated heterocycles. The normalized spacial score (nSPS) is 16.7. The van der Waals surface area contributed by atoms with Gasteiger partial charge in [-0.2, -0.15) is 0 Å². The van der Waals surface area contributed by atoms with Crippen LogP contribution in [0.3, 0.4) is 0 Å². The highest BCUT2D eigenvalue weighted by atomic mass is 35.5. The number of rotatable bonds is 4. The third-order valence-corrected chi connectivity index (χ3v) is 4.63. The first kappa shape index (κ1) is 15.1. The van der Waals surface area contributed by atoms with Crippen LogP contribution in [0.2, 0.25) is 0 Å². The van der Waals surface area contributed by atoms with E-state index < -0.39 is 9.84 Å². The Morgan fingerprint density at radius 1 is 1.40 bits per heavy atom. The number of hydrogen-bond donors (Lipinski definition) is 1. The van der Waals surface area contributed by atoms with Crippen molar-refractivity contribution in [2.45, 2.75) is 17.7 Å². The smallest absolute Gasteiger partial charge is 0.177 e. The highest BCUT2D eigenvalue weighted by molar-refractivity contribution is 7.90. The molecule has 1 fully saturated rings. The van der Waals surface area contributed by atoms with Crippen molar-refractivity contribution < 1.29 is 8.42 Å². The molecule has 0 unspecified atom stereocenters. The molecule has 0 amide bonds. The second kappa shape index (κ2) is 6.01. The van der Waals surface area contributed by atoms with Gasteiger partial charge in [-0.3, -0.25) is 0 Å². The molecule has 1 aromatic rings. The maximum atomic E-state index is 11.8. The highest BCUT2D eigenvalue weighted by Crippen LogP contribution is 2.31. The molecule has 2 rings (SSSR count). The van der Waals surface area contributed by atoms with Crippen molar-refractivity contribution >= 4 is 38.6 Å². The lowest BCUT2D eigenvalue weighted by atomic mass is 10.2. The van der Waals surface area contributed by atoms with Gasteiger partial charge in [0.25, 0.3) is 0 Å². The van der Waals surface area contributed by atoms with Crippen molar-refractivity contribution in [1.82, 2.24) is 0 Å². The van der Waals surface area contributed by atoms with E-state index in [9.17, 15) is 8.42 Å². The van der Waals surface area contributed by atoms with Crippen LogP contribution >= 0.6 is 11.6 Å². The van der Waals surface area contributed by atoms with Crippen LogP contribution in [-0.4, -0.2) is 39.5 Å². The SMILES string of the molecule is CS(=O)(=O)c1ccc(N2CCCC2)cc1N=C(N)CCl. The van der Waals surface area contributed by atoms with Crippen LogP contribution < -0.4 is 10.6 Å². The average Bonchev–Trinajstić information content (AvgIpc) is 2.91. The Morgan fingerprint density at radius 3 is 2.60 bits per heavy atom. The standard InChI is InChI=1S/C13H18ClN3O2S/c1-20(18,19)12-5-4-10(17-6-2-3-7-17)8-11(12)16-13(15)9-14/h4-5,8H,2-3,6-7,9H2,1H3,(H2,15,16). The number of nitrogens with two attached hydrogens (primary N) is 1. The van der Waals surface area contributed by atoms with Crippen LogP contribution in [-0.2, 0) is 9.84 Å². The first-order valence-electron chi connectivity index (χ1n) is 6.40. The predicted molar refractivity (Wildman–Crippen MR) is 83.0 cm³/mol. The molecule has 0 spiro atoms. The molecule has 1 heterocycles. The van der Waals surface area contributed by atoms with E-state index in [0.717, 1.165) is 37.9 Å². The Labute approximate surface area is 124 Å². The van der Waals surface area contributed by atoms with Crippen molar-refractivity contribution in [2.24, 2.45) is 10.7 Å². The summed E-state index contributed by atoms with van der Waals surface area (Å²) in [5.74, 6) is 0.270. The molecule has 110 valence electrons. The Kier molecular flexibility index (Phi) is 4.55. The van der Waals surface area contributed by atoms with Crippen molar-refractivity contribution in [2.75, 3.05) is 30.1 Å². The topological polar surface area (TPSA) is 75.8 Å². The zero-order valence-corrected chi connectivity index (χ0v) is 12.9. The van der Waals surface area contributed by atoms with Gasteiger partial charge < -0.3 is 10.6 Å². The van der Waals surface area contributed by atoms with Gasteiger partial charge in [-0.05, 0) is 31.0 Å². The molecule has 7 heteroatoms. The number of hydrogen-bond acceptors (Lipinski definition) is 4. The second-order valence-electron chi connectivity index (χ2n) is 4.86. The first-order chi connectivity index (χ1) is 9.41. The minimum Gasteiger partial charge on any atom is -0.386 e. The van der Waals surface area contributed by atoms with Gasteiger partial charge in [0, 0.05) is 25.0 Å². The number of benzene rings is 1. The molecule has 0 aliphatic carbocycles. The zero-order chi connectivity index (χ0) is 14.8. The van der Waals surface area contributed by atoms with Gasteiger partial charge in [0.05, 0.1) is 16.5 Å². The minimum absolute atomic E-state index is 0.0666. The van der Waals surface area contributed by atoms with E-state index in [1.807, 2.05) is 6.07 Å². The molecule has 0 bridgehead atoms. The van der Waals surface area contributed by atoms with E-state index in [0.29, 0.717) is 5.69 Å². The molecule has 0 saturated carbocycles. The summed E-state index contributed by atoms with van der Waals surface area (Å²) in [6.45, 7) is 1.96. The molecule has 1 aromatic carbocycles. The lowest BCUT2D eigenvalue weighted by molar-refractivity contribution is 0.602. The molecular weight excluding hydrogens is 298 g/mol. The summed E-state index contributed by atoms with van der Waals surface area (Å²) in [4.78, 5) is 6.52. The lowest BCUT2D eigenvalue weighted by Gasteiger charge is -2.18. The fourth-order valence-electron chi connectivity index (χ4n) is 2.26. The predicted octanol–water partition coefficient (Wildman–Crippen LogP) is 1.92. The number of halogens is 1. The van der Waals surface area contributed by atoms with E-state index in [2.05, 4.69) is 9.89 Å². The van der Waals surface area contributed by atoms with Gasteiger partial charge in [-0.15, -0.1) is 11.6 Å². The fourth-order valence-corrected chi connectivity index (χ4v) is 3.12. The number of alkyl halides is 1. The lowest BCUT2D eigenvalue weighted by Crippen LogP contribution is -2.18. The van der Waals surface area contributed by atoms with Crippen LogP contribution in [0.25, 0.3) is 0 Å². The summed E-state index contributed by atoms with van der Waals surface area (Å²) in [5, 5.41) is 0. The molecule has 0 atom stereocenters. The van der Waals surface area contributed by atoms with Gasteiger partial charge in [-0.25, -0.2) is 13.4 Å². The summed E-state index contributed by atoms with van der Waals surface area (Å²) in [6.07, 6.45) is 3.46. The van der Waals surface area contributed by atoms with Gasteiger partial charge in [0.1, 0.15) is 5.84 Å². The van der Waals surface area contributed by atoms with E-state index in [1.54, 1.807) is 12.1 Å². The quantitative estimate of drug-likeness (QED) is 0.523. The maximum absolute atomic E-state index is 11.8. The van der Waals surface area contributed by atoms with Crippen molar-refractivity contribution in [3.63, 3.8) is 0 Å². The molecular formula is C13H18ClN3O2S. The first-order valence-corrected chi connectivity index (χ1v) is 8.82. The molecule has 20 heavy (non-hydrogen) atoms. The van der Waals surface area contributed by atoms with E-state index >= 15 is 0 Å². The molecule has 0 aromatic heterocycles. The van der Waals surface area contributed by atoms with Crippen LogP contribution in [0.15, 0.2) is 28.1 Å². The number of nitrogens with zero attached hydrogens (tertiary/aromatic N) is 2. The Hall–Kier alpha value is -1.27. The number of aliphatic imine (C=N–C) groups is 1. The summed E-state index contributed by atoms with van der Waals surface area (Å²) in [6, 6.07) is 5.17. The molecule has 2 N–H and O–H groups in total. The minimum atomic E-state index is -3.35. The van der Waals surface area contributed by atoms with E-state index in [4.69, 9.17) is 17.3 Å². The second-order valence-corrected chi connectivity index (χ2v) is 7.11. The monoisotopic (exact) mass is 315 g/mol. The largest absolute Gasteiger partial charge is 0.386 e. The van der Waals surface area contributed by atoms with Crippen molar-refractivity contribution in [3.05, 3.63) is 18.2 Å². The van der Waals surface area contributed by atoms with Gasteiger partial charge >= 0.3 is 0 Å². The van der Waals surface area contributed by atoms with E-state index in [1.165, 1.54) is 0 Å². The van der Waals surface area contributed by atoms with Gasteiger partial charge in [0.15, 0.2) is 9.84 Å². The van der Waals surface area contributed by atoms with Crippen molar-refractivity contribution in [1.29, 1.82) is 0 Å². The average molecular weight is 316 g/mol. The van der Waals surface area contributed by atoms with Crippen LogP contribution in [0.1, 0.15) is 12.8 Å². The van der Waals surface area contributed by atoms with Crippen LogP contribution in [0.4, 0.5) is 11.4 Å². The highest BCUT2D eigenvalue weighted by Gasteiger charge is 2.18. The molecule has 5 nitrogen and oxygen atoms in total. The Balaban J connectivity index is 2.49. The number of anilines is 1. The zero-order valence-electron chi connectivity index (χ0n) is 11.3. The molecule has 0 radical (unpaired) electrons. The summed E-state index contributed by atoms with van der Waals surface area (Å²) in [7, 11) is -3.35. The summed E-state index contributed by atoms with van der Waals surface area (Å²) < 4.78 is 23.6. The fraction of sp³-hybridized carbons (Fsp3) is 0.462. The third-order valence-electron chi connectivity index (χ3n) is 3.21. The van der Waals surface area contributed by atoms with Crippen molar-refractivity contribution in [3.8, 4) is 0 Å². The summed E-state index contributed by atoms with van der Waals surface area (Å²) in [5.41, 5.74) is 6.96.